The van der Waals surface area contributed by atoms with E-state index in [9.17, 15) is 0 Å². The topological polar surface area (TPSA) is 15.3 Å². The van der Waals surface area contributed by atoms with Gasteiger partial charge in [0.15, 0.2) is 0 Å². The van der Waals surface area contributed by atoms with Crippen LogP contribution in [0.4, 0.5) is 5.69 Å². The minimum Gasteiger partial charge on any atom is -0.368 e. The van der Waals surface area contributed by atoms with Gasteiger partial charge in [-0.25, -0.2) is 0 Å². The Morgan fingerprint density at radius 3 is 2.72 bits per heavy atom. The monoisotopic (exact) mass is 260 g/mol. The summed E-state index contributed by atoms with van der Waals surface area (Å²) in [4.78, 5) is 2.51. The van der Waals surface area contributed by atoms with Crippen LogP contribution in [0.5, 0.6) is 0 Å². The second-order valence-electron chi connectivity index (χ2n) is 5.27. The molecular formula is C15H20N2S. The number of thiophene rings is 1. The lowest BCUT2D eigenvalue weighted by molar-refractivity contribution is 0.591. The number of piperazine rings is 1. The molecule has 1 aliphatic rings. The molecule has 2 nitrogen and oxygen atoms in total. The van der Waals surface area contributed by atoms with Gasteiger partial charge in [0, 0.05) is 41.6 Å². The molecule has 3 heteroatoms. The van der Waals surface area contributed by atoms with Crippen molar-refractivity contribution >= 4 is 27.1 Å². The van der Waals surface area contributed by atoms with Crippen molar-refractivity contribution < 1.29 is 0 Å². The summed E-state index contributed by atoms with van der Waals surface area (Å²) in [6.45, 7) is 8.97. The first-order chi connectivity index (χ1) is 8.75. The number of nitrogens with zero attached hydrogens (tertiary/aromatic N) is 1. The fourth-order valence-electron chi connectivity index (χ4n) is 2.54. The van der Waals surface area contributed by atoms with Gasteiger partial charge in [0.05, 0.1) is 5.69 Å². The predicted molar refractivity (Wildman–Crippen MR) is 81.0 cm³/mol. The highest BCUT2D eigenvalue weighted by Gasteiger charge is 2.15. The van der Waals surface area contributed by atoms with Gasteiger partial charge >= 0.3 is 0 Å². The Bertz CT molecular complexity index is 538. The molecule has 0 spiro atoms. The van der Waals surface area contributed by atoms with Gasteiger partial charge in [0.2, 0.25) is 0 Å². The third kappa shape index (κ3) is 2.13. The van der Waals surface area contributed by atoms with Crippen molar-refractivity contribution in [1.29, 1.82) is 0 Å². The van der Waals surface area contributed by atoms with Crippen molar-refractivity contribution in [1.82, 2.24) is 5.32 Å². The molecule has 0 radical (unpaired) electrons. The van der Waals surface area contributed by atoms with Crippen LogP contribution in [0.2, 0.25) is 0 Å². The maximum atomic E-state index is 3.42. The first kappa shape index (κ1) is 12.0. The fraction of sp³-hybridized carbons (Fsp3) is 0.467. The Morgan fingerprint density at radius 2 is 2.00 bits per heavy atom. The van der Waals surface area contributed by atoms with Gasteiger partial charge in [-0.1, -0.05) is 19.9 Å². The second kappa shape index (κ2) is 4.90. The summed E-state index contributed by atoms with van der Waals surface area (Å²) in [6, 6.07) is 6.93. The normalized spacial score (nSPS) is 16.7. The number of hydrogen-bond donors (Lipinski definition) is 1. The smallest absolute Gasteiger partial charge is 0.0555 e. The summed E-state index contributed by atoms with van der Waals surface area (Å²) in [5, 5.41) is 7.17. The Hall–Kier alpha value is -1.06. The van der Waals surface area contributed by atoms with E-state index in [4.69, 9.17) is 0 Å². The lowest BCUT2D eigenvalue weighted by atomic mass is 10.0. The molecule has 1 aromatic heterocycles. The molecule has 0 saturated carbocycles. The number of benzene rings is 1. The Labute approximate surface area is 113 Å². The molecule has 2 heterocycles. The molecule has 0 aliphatic carbocycles. The molecule has 0 unspecified atom stereocenters. The maximum absolute atomic E-state index is 3.42. The van der Waals surface area contributed by atoms with E-state index in [1.54, 1.807) is 0 Å². The van der Waals surface area contributed by atoms with E-state index in [0.29, 0.717) is 5.92 Å². The molecule has 18 heavy (non-hydrogen) atoms. The van der Waals surface area contributed by atoms with Crippen LogP contribution in [-0.2, 0) is 0 Å². The average Bonchev–Trinajstić information content (AvgIpc) is 2.82. The summed E-state index contributed by atoms with van der Waals surface area (Å²) >= 11 is 1.87. The zero-order chi connectivity index (χ0) is 12.5. The molecule has 1 N–H and O–H groups in total. The zero-order valence-corrected chi connectivity index (χ0v) is 11.9. The van der Waals surface area contributed by atoms with E-state index in [1.165, 1.54) is 21.3 Å². The summed E-state index contributed by atoms with van der Waals surface area (Å²) in [5.74, 6) is 0.602. The Morgan fingerprint density at radius 1 is 1.22 bits per heavy atom. The summed E-state index contributed by atoms with van der Waals surface area (Å²) in [6.07, 6.45) is 0. The van der Waals surface area contributed by atoms with Crippen LogP contribution in [0.1, 0.15) is 25.3 Å². The van der Waals surface area contributed by atoms with Crippen LogP contribution in [-0.4, -0.2) is 26.2 Å². The highest BCUT2D eigenvalue weighted by atomic mass is 32.1. The van der Waals surface area contributed by atoms with Gasteiger partial charge in [-0.05, 0) is 23.6 Å². The number of anilines is 1. The van der Waals surface area contributed by atoms with E-state index < -0.39 is 0 Å². The van der Waals surface area contributed by atoms with Gasteiger partial charge in [0.25, 0.3) is 0 Å². The fourth-order valence-corrected chi connectivity index (χ4v) is 3.49. The molecule has 96 valence electrons. The van der Waals surface area contributed by atoms with Crippen molar-refractivity contribution in [3.63, 3.8) is 0 Å². The summed E-state index contributed by atoms with van der Waals surface area (Å²) in [7, 11) is 0. The molecule has 0 atom stereocenters. The van der Waals surface area contributed by atoms with Gasteiger partial charge < -0.3 is 10.2 Å². The largest absolute Gasteiger partial charge is 0.368 e. The minimum absolute atomic E-state index is 0.602. The number of hydrogen-bond acceptors (Lipinski definition) is 3. The van der Waals surface area contributed by atoms with E-state index >= 15 is 0 Å². The Kier molecular flexibility index (Phi) is 3.27. The zero-order valence-electron chi connectivity index (χ0n) is 11.1. The number of nitrogens with one attached hydrogen (secondary N) is 1. The van der Waals surface area contributed by atoms with Crippen LogP contribution in [0.3, 0.4) is 0 Å². The van der Waals surface area contributed by atoms with E-state index in [2.05, 4.69) is 47.6 Å². The first-order valence-corrected chi connectivity index (χ1v) is 7.60. The van der Waals surface area contributed by atoms with Crippen LogP contribution >= 0.6 is 11.3 Å². The number of rotatable bonds is 2. The third-order valence-corrected chi connectivity index (χ3v) is 4.65. The lowest BCUT2D eigenvalue weighted by Crippen LogP contribution is -2.43. The van der Waals surface area contributed by atoms with E-state index in [-0.39, 0.29) is 0 Å². The van der Waals surface area contributed by atoms with E-state index in [1.807, 2.05) is 11.3 Å². The molecule has 1 saturated heterocycles. The van der Waals surface area contributed by atoms with Gasteiger partial charge in [-0.2, -0.15) is 0 Å². The molecular weight excluding hydrogens is 240 g/mol. The lowest BCUT2D eigenvalue weighted by Gasteiger charge is -2.29. The third-order valence-electron chi connectivity index (χ3n) is 3.70. The highest BCUT2D eigenvalue weighted by Crippen LogP contribution is 2.35. The van der Waals surface area contributed by atoms with E-state index in [0.717, 1.165) is 26.2 Å². The van der Waals surface area contributed by atoms with Crippen LogP contribution in [0.15, 0.2) is 23.6 Å². The van der Waals surface area contributed by atoms with Gasteiger partial charge in [-0.15, -0.1) is 11.3 Å². The first-order valence-electron chi connectivity index (χ1n) is 6.72. The molecule has 3 rings (SSSR count). The second-order valence-corrected chi connectivity index (χ2v) is 6.18. The van der Waals surface area contributed by atoms with Crippen molar-refractivity contribution in [2.24, 2.45) is 0 Å². The number of fused-ring (bicyclic) bond motifs is 1. The minimum atomic E-state index is 0.602. The molecule has 1 aliphatic heterocycles. The standard InChI is InChI=1S/C15H20N2S/c1-11(2)12-3-4-15-13(9-12)14(10-18-15)17-7-5-16-6-8-17/h3-4,9-11,16H,5-8H2,1-2H3. The van der Waals surface area contributed by atoms with Crippen LogP contribution < -0.4 is 10.2 Å². The quantitative estimate of drug-likeness (QED) is 0.890. The summed E-state index contributed by atoms with van der Waals surface area (Å²) < 4.78 is 1.41. The highest BCUT2D eigenvalue weighted by molar-refractivity contribution is 7.17. The van der Waals surface area contributed by atoms with Crippen molar-refractivity contribution in [2.75, 3.05) is 31.1 Å². The predicted octanol–water partition coefficient (Wildman–Crippen LogP) is 3.43. The molecule has 1 fully saturated rings. The molecule has 0 amide bonds. The Balaban J connectivity index is 2.03. The maximum Gasteiger partial charge on any atom is 0.0555 e. The summed E-state index contributed by atoms with van der Waals surface area (Å²) in [5.41, 5.74) is 2.87. The van der Waals surface area contributed by atoms with Crippen molar-refractivity contribution in [3.8, 4) is 0 Å². The van der Waals surface area contributed by atoms with Crippen LogP contribution in [0.25, 0.3) is 10.1 Å². The van der Waals surface area contributed by atoms with Gasteiger partial charge in [-0.3, -0.25) is 0 Å². The SMILES string of the molecule is CC(C)c1ccc2scc(N3CCNCC3)c2c1. The van der Waals surface area contributed by atoms with Crippen molar-refractivity contribution in [3.05, 3.63) is 29.1 Å². The molecule has 2 aromatic rings. The van der Waals surface area contributed by atoms with Gasteiger partial charge in [0.1, 0.15) is 0 Å². The van der Waals surface area contributed by atoms with Crippen molar-refractivity contribution in [2.45, 2.75) is 19.8 Å². The van der Waals surface area contributed by atoms with Crippen LogP contribution in [0, 0.1) is 0 Å². The average molecular weight is 260 g/mol. The molecule has 0 bridgehead atoms. The molecule has 1 aromatic carbocycles.